The Hall–Kier alpha value is -3.32. The van der Waals surface area contributed by atoms with Crippen molar-refractivity contribution in [2.24, 2.45) is 5.92 Å². The second-order valence-electron chi connectivity index (χ2n) is 7.35. The van der Waals surface area contributed by atoms with Crippen molar-refractivity contribution in [3.05, 3.63) is 35.8 Å². The third-order valence-electron chi connectivity index (χ3n) is 4.74. The molecule has 0 aromatic carbocycles. The van der Waals surface area contributed by atoms with Crippen molar-refractivity contribution in [2.45, 2.75) is 32.2 Å². The average molecular weight is 465 g/mol. The number of halogens is 6. The maximum absolute atomic E-state index is 12.9. The van der Waals surface area contributed by atoms with Crippen molar-refractivity contribution in [3.63, 3.8) is 0 Å². The first kappa shape index (κ1) is 23.3. The molecule has 0 aliphatic carbocycles. The molecule has 0 unspecified atom stereocenters. The van der Waals surface area contributed by atoms with Crippen LogP contribution in [0, 0.1) is 5.92 Å². The van der Waals surface area contributed by atoms with E-state index < -0.39 is 54.1 Å². The highest BCUT2D eigenvalue weighted by Gasteiger charge is 2.41. The zero-order valence-electron chi connectivity index (χ0n) is 16.7. The molecule has 174 valence electrons. The van der Waals surface area contributed by atoms with Crippen LogP contribution in [0.15, 0.2) is 28.9 Å². The van der Waals surface area contributed by atoms with Crippen molar-refractivity contribution < 1.29 is 40.5 Å². The SMILES string of the molecule is CC(C)[C@H]1CN(c2ccc(C(F)(F)F)nc2)C(=O)N1CC(=O)Nc1cc(C(F)(F)F)no1. The number of urea groups is 1. The van der Waals surface area contributed by atoms with Gasteiger partial charge in [-0.1, -0.05) is 19.0 Å². The Balaban J connectivity index is 1.73. The molecule has 1 saturated heterocycles. The first-order valence-electron chi connectivity index (χ1n) is 9.22. The number of alkyl halides is 6. The lowest BCUT2D eigenvalue weighted by atomic mass is 10.0. The number of amides is 3. The van der Waals surface area contributed by atoms with Crippen LogP contribution in [0.4, 0.5) is 42.7 Å². The molecule has 1 atom stereocenters. The number of carbonyl (C=O) groups excluding carboxylic acids is 2. The number of anilines is 2. The molecule has 0 spiro atoms. The quantitative estimate of drug-likeness (QED) is 0.674. The van der Waals surface area contributed by atoms with Crippen LogP contribution >= 0.6 is 0 Å². The Bertz CT molecular complexity index is 986. The monoisotopic (exact) mass is 465 g/mol. The Kier molecular flexibility index (Phi) is 6.07. The lowest BCUT2D eigenvalue weighted by Gasteiger charge is -2.25. The molecule has 1 fully saturated rings. The largest absolute Gasteiger partial charge is 0.436 e. The van der Waals surface area contributed by atoms with E-state index in [0.717, 1.165) is 18.3 Å². The number of rotatable bonds is 5. The van der Waals surface area contributed by atoms with Gasteiger partial charge in [0.2, 0.25) is 11.8 Å². The van der Waals surface area contributed by atoms with Crippen LogP contribution in [0.2, 0.25) is 0 Å². The molecule has 1 N–H and O–H groups in total. The Morgan fingerprint density at radius 1 is 1.19 bits per heavy atom. The predicted molar refractivity (Wildman–Crippen MR) is 97.4 cm³/mol. The van der Waals surface area contributed by atoms with Gasteiger partial charge in [-0.3, -0.25) is 15.0 Å². The van der Waals surface area contributed by atoms with Gasteiger partial charge in [0.05, 0.1) is 17.9 Å². The highest BCUT2D eigenvalue weighted by molar-refractivity contribution is 5.99. The van der Waals surface area contributed by atoms with Crippen LogP contribution in [0.25, 0.3) is 0 Å². The van der Waals surface area contributed by atoms with Crippen molar-refractivity contribution in [1.82, 2.24) is 15.0 Å². The van der Waals surface area contributed by atoms with Gasteiger partial charge in [0.1, 0.15) is 12.2 Å². The van der Waals surface area contributed by atoms with Gasteiger partial charge in [0, 0.05) is 12.6 Å². The minimum atomic E-state index is -4.75. The third kappa shape index (κ3) is 4.94. The minimum absolute atomic E-state index is 0.0807. The molecular weight excluding hydrogens is 448 g/mol. The number of carbonyl (C=O) groups is 2. The first-order valence-corrected chi connectivity index (χ1v) is 9.22. The van der Waals surface area contributed by atoms with Gasteiger partial charge < -0.3 is 9.42 Å². The summed E-state index contributed by atoms with van der Waals surface area (Å²) in [5.74, 6) is -1.51. The van der Waals surface area contributed by atoms with Crippen LogP contribution in [-0.4, -0.2) is 46.1 Å². The number of nitrogens with zero attached hydrogens (tertiary/aromatic N) is 4. The Labute approximate surface area is 177 Å². The number of pyridine rings is 1. The molecule has 0 radical (unpaired) electrons. The van der Waals surface area contributed by atoms with E-state index in [4.69, 9.17) is 0 Å². The van der Waals surface area contributed by atoms with Crippen molar-refractivity contribution in [2.75, 3.05) is 23.3 Å². The molecule has 1 aliphatic rings. The van der Waals surface area contributed by atoms with Gasteiger partial charge in [0.15, 0.2) is 5.69 Å². The van der Waals surface area contributed by atoms with Gasteiger partial charge in [-0.2, -0.15) is 26.3 Å². The zero-order valence-corrected chi connectivity index (χ0v) is 16.7. The summed E-state index contributed by atoms with van der Waals surface area (Å²) in [6.45, 7) is 3.12. The maximum atomic E-state index is 12.9. The van der Waals surface area contributed by atoms with E-state index in [0.29, 0.717) is 6.07 Å². The number of aromatic nitrogens is 2. The number of hydrogen-bond acceptors (Lipinski definition) is 5. The summed E-state index contributed by atoms with van der Waals surface area (Å²) in [6.07, 6.45) is -8.48. The van der Waals surface area contributed by atoms with Gasteiger partial charge in [-0.15, -0.1) is 0 Å². The average Bonchev–Trinajstić information content (AvgIpc) is 3.27. The summed E-state index contributed by atoms with van der Waals surface area (Å²) in [7, 11) is 0. The van der Waals surface area contributed by atoms with E-state index in [1.54, 1.807) is 13.8 Å². The molecule has 2 aromatic rings. The van der Waals surface area contributed by atoms with E-state index in [9.17, 15) is 35.9 Å². The standard InChI is InChI=1S/C18H17F6N5O3/c1-9(2)11-7-28(10-3-4-12(25-6-10)17(19,20)21)16(31)29(11)8-14(30)26-15-5-13(27-32-15)18(22,23)24/h3-6,9,11H,7-8H2,1-2H3,(H,26,30)/t11-/m1/s1. The second kappa shape index (κ2) is 8.31. The summed E-state index contributed by atoms with van der Waals surface area (Å²) in [5, 5.41) is 4.92. The van der Waals surface area contributed by atoms with Crippen LogP contribution < -0.4 is 10.2 Å². The molecule has 2 aromatic heterocycles. The van der Waals surface area contributed by atoms with E-state index in [1.807, 2.05) is 0 Å². The molecule has 3 amide bonds. The Morgan fingerprint density at radius 3 is 2.34 bits per heavy atom. The zero-order chi connectivity index (χ0) is 23.8. The highest BCUT2D eigenvalue weighted by atomic mass is 19.4. The normalized spacial score (nSPS) is 17.4. The number of nitrogens with one attached hydrogen (secondary N) is 1. The second-order valence-corrected chi connectivity index (χ2v) is 7.35. The highest BCUT2D eigenvalue weighted by Crippen LogP contribution is 2.32. The molecule has 14 heteroatoms. The van der Waals surface area contributed by atoms with Gasteiger partial charge in [-0.25, -0.2) is 9.78 Å². The van der Waals surface area contributed by atoms with Crippen molar-refractivity contribution in [3.8, 4) is 0 Å². The van der Waals surface area contributed by atoms with Crippen molar-refractivity contribution >= 4 is 23.5 Å². The molecule has 3 heterocycles. The van der Waals surface area contributed by atoms with E-state index >= 15 is 0 Å². The van der Waals surface area contributed by atoms with Crippen LogP contribution in [0.1, 0.15) is 25.2 Å². The lowest BCUT2D eigenvalue weighted by Crippen LogP contribution is -2.42. The Morgan fingerprint density at radius 2 is 1.84 bits per heavy atom. The van der Waals surface area contributed by atoms with Gasteiger partial charge in [-0.05, 0) is 18.1 Å². The van der Waals surface area contributed by atoms with Crippen molar-refractivity contribution in [1.29, 1.82) is 0 Å². The van der Waals surface area contributed by atoms with Crippen LogP contribution in [0.3, 0.4) is 0 Å². The third-order valence-corrected chi connectivity index (χ3v) is 4.74. The molecular formula is C18H17F6N5O3. The summed E-state index contributed by atoms with van der Waals surface area (Å²) in [4.78, 5) is 30.9. The summed E-state index contributed by atoms with van der Waals surface area (Å²) < 4.78 is 80.4. The topological polar surface area (TPSA) is 91.6 Å². The molecule has 8 nitrogen and oxygen atoms in total. The maximum Gasteiger partial charge on any atom is 0.436 e. The summed E-state index contributed by atoms with van der Waals surface area (Å²) in [5.41, 5.74) is -2.33. The molecule has 1 aliphatic heterocycles. The first-order chi connectivity index (χ1) is 14.8. The molecule has 3 rings (SSSR count). The minimum Gasteiger partial charge on any atom is -0.338 e. The smallest absolute Gasteiger partial charge is 0.338 e. The van der Waals surface area contributed by atoms with E-state index in [2.05, 4.69) is 20.0 Å². The molecule has 0 saturated carbocycles. The van der Waals surface area contributed by atoms with Crippen LogP contribution in [-0.2, 0) is 17.1 Å². The summed E-state index contributed by atoms with van der Waals surface area (Å²) >= 11 is 0. The van der Waals surface area contributed by atoms with Crippen LogP contribution in [0.5, 0.6) is 0 Å². The fraction of sp³-hybridized carbons (Fsp3) is 0.444. The van der Waals surface area contributed by atoms with Gasteiger partial charge in [0.25, 0.3) is 0 Å². The number of hydrogen-bond donors (Lipinski definition) is 1. The van der Waals surface area contributed by atoms with E-state index in [-0.39, 0.29) is 18.2 Å². The van der Waals surface area contributed by atoms with E-state index in [1.165, 1.54) is 9.80 Å². The lowest BCUT2D eigenvalue weighted by molar-refractivity contribution is -0.143. The molecule has 32 heavy (non-hydrogen) atoms. The fourth-order valence-electron chi connectivity index (χ4n) is 3.14. The van der Waals surface area contributed by atoms with Gasteiger partial charge >= 0.3 is 18.4 Å². The summed E-state index contributed by atoms with van der Waals surface area (Å²) in [6, 6.07) is 1.20. The molecule has 0 bridgehead atoms. The fourth-order valence-corrected chi connectivity index (χ4v) is 3.14. The predicted octanol–water partition coefficient (Wildman–Crippen LogP) is 4.01.